The minimum atomic E-state index is -0.906. The van der Waals surface area contributed by atoms with Crippen LogP contribution in [-0.4, -0.2) is 40.6 Å². The second kappa shape index (κ2) is 7.72. The molecule has 0 aromatic heterocycles. The third-order valence-corrected chi connectivity index (χ3v) is 2.41. The van der Waals surface area contributed by atoms with Crippen molar-refractivity contribution < 1.29 is 19.5 Å². The number of aliphatic carboxylic acids is 1. The summed E-state index contributed by atoms with van der Waals surface area (Å²) in [6.07, 6.45) is 0.326. The third-order valence-electron chi connectivity index (χ3n) is 2.41. The molecule has 0 aromatic carbocycles. The Morgan fingerprint density at radius 2 is 1.65 bits per heavy atom. The first-order chi connectivity index (χ1) is 9.01. The molecule has 2 atom stereocenters. The largest absolute Gasteiger partial charge is 0.481 e. The molecule has 7 nitrogen and oxygen atoms in total. The van der Waals surface area contributed by atoms with Crippen molar-refractivity contribution in [2.45, 2.75) is 65.1 Å². The second-order valence-electron chi connectivity index (χ2n) is 5.91. The van der Waals surface area contributed by atoms with Crippen molar-refractivity contribution in [2.75, 3.05) is 0 Å². The van der Waals surface area contributed by atoms with Gasteiger partial charge in [0.15, 0.2) is 0 Å². The van der Waals surface area contributed by atoms with E-state index in [1.165, 1.54) is 0 Å². The molecule has 3 amide bonds. The quantitative estimate of drug-likeness (QED) is 0.580. The number of urea groups is 1. The number of hydrogen-bond acceptors (Lipinski definition) is 3. The van der Waals surface area contributed by atoms with E-state index in [2.05, 4.69) is 16.0 Å². The van der Waals surface area contributed by atoms with Crippen LogP contribution in [0.3, 0.4) is 0 Å². The predicted octanol–water partition coefficient (Wildman–Crippen LogP) is 0.842. The molecule has 2 unspecified atom stereocenters. The van der Waals surface area contributed by atoms with Gasteiger partial charge in [-0.3, -0.25) is 9.59 Å². The number of carboxylic acids is 1. The van der Waals surface area contributed by atoms with Gasteiger partial charge in [-0.2, -0.15) is 0 Å². The standard InChI is InChI=1S/C13H25N3O4/c1-8(6-7-10(17)18)14-12(20)15-9(2)11(19)16-13(3,4)5/h8-9H,6-7H2,1-5H3,(H,16,19)(H,17,18)(H2,14,15,20). The van der Waals surface area contributed by atoms with E-state index in [4.69, 9.17) is 5.11 Å². The highest BCUT2D eigenvalue weighted by atomic mass is 16.4. The number of amides is 3. The molecule has 0 spiro atoms. The first-order valence-corrected chi connectivity index (χ1v) is 6.62. The molecule has 0 saturated carbocycles. The van der Waals surface area contributed by atoms with Crippen LogP contribution in [0.1, 0.15) is 47.5 Å². The van der Waals surface area contributed by atoms with E-state index < -0.39 is 18.0 Å². The van der Waals surface area contributed by atoms with Crippen LogP contribution in [0.25, 0.3) is 0 Å². The average molecular weight is 287 g/mol. The molecule has 20 heavy (non-hydrogen) atoms. The molecule has 0 saturated heterocycles. The van der Waals surface area contributed by atoms with Gasteiger partial charge in [0.1, 0.15) is 6.04 Å². The van der Waals surface area contributed by atoms with Crippen LogP contribution in [0.2, 0.25) is 0 Å². The fourth-order valence-corrected chi connectivity index (χ4v) is 1.42. The highest BCUT2D eigenvalue weighted by Crippen LogP contribution is 2.00. The lowest BCUT2D eigenvalue weighted by Crippen LogP contribution is -2.53. The molecule has 0 rings (SSSR count). The Bertz CT molecular complexity index is 363. The number of hydrogen-bond donors (Lipinski definition) is 4. The maximum absolute atomic E-state index is 11.8. The Labute approximate surface area is 119 Å². The number of nitrogens with one attached hydrogen (secondary N) is 3. The summed E-state index contributed by atoms with van der Waals surface area (Å²) in [5.74, 6) is -1.18. The molecule has 0 radical (unpaired) electrons. The van der Waals surface area contributed by atoms with Gasteiger partial charge in [0.25, 0.3) is 0 Å². The average Bonchev–Trinajstić information content (AvgIpc) is 2.23. The van der Waals surface area contributed by atoms with Crippen LogP contribution in [-0.2, 0) is 9.59 Å². The van der Waals surface area contributed by atoms with Gasteiger partial charge >= 0.3 is 12.0 Å². The monoisotopic (exact) mass is 287 g/mol. The Hall–Kier alpha value is -1.79. The van der Waals surface area contributed by atoms with Crippen LogP contribution < -0.4 is 16.0 Å². The number of carboxylic acid groups (broad SMARTS) is 1. The van der Waals surface area contributed by atoms with Gasteiger partial charge in [-0.15, -0.1) is 0 Å². The van der Waals surface area contributed by atoms with E-state index in [-0.39, 0.29) is 23.9 Å². The van der Waals surface area contributed by atoms with Crippen molar-refractivity contribution in [3.63, 3.8) is 0 Å². The van der Waals surface area contributed by atoms with Gasteiger partial charge in [-0.05, 0) is 41.0 Å². The lowest BCUT2D eigenvalue weighted by atomic mass is 10.1. The van der Waals surface area contributed by atoms with Crippen molar-refractivity contribution in [3.8, 4) is 0 Å². The zero-order chi connectivity index (χ0) is 15.9. The van der Waals surface area contributed by atoms with Gasteiger partial charge in [0.05, 0.1) is 0 Å². The molecule has 0 heterocycles. The number of rotatable bonds is 6. The zero-order valence-electron chi connectivity index (χ0n) is 12.7. The molecule has 0 fully saturated rings. The zero-order valence-corrected chi connectivity index (χ0v) is 12.7. The maximum Gasteiger partial charge on any atom is 0.315 e. The predicted molar refractivity (Wildman–Crippen MR) is 75.4 cm³/mol. The maximum atomic E-state index is 11.8. The van der Waals surface area contributed by atoms with Crippen LogP contribution >= 0.6 is 0 Å². The summed E-state index contributed by atoms with van der Waals surface area (Å²) < 4.78 is 0. The third kappa shape index (κ3) is 9.18. The van der Waals surface area contributed by atoms with Crippen LogP contribution in [0.5, 0.6) is 0 Å². The van der Waals surface area contributed by atoms with Crippen LogP contribution in [0.15, 0.2) is 0 Å². The lowest BCUT2D eigenvalue weighted by molar-refractivity contribution is -0.137. The summed E-state index contributed by atoms with van der Waals surface area (Å²) in [5.41, 5.74) is -0.363. The normalized spacial score (nSPS) is 14.1. The summed E-state index contributed by atoms with van der Waals surface area (Å²) in [6.45, 7) is 8.86. The Morgan fingerprint density at radius 1 is 1.10 bits per heavy atom. The number of carbonyl (C=O) groups is 3. The summed E-state index contributed by atoms with van der Waals surface area (Å²) in [7, 11) is 0. The van der Waals surface area contributed by atoms with E-state index in [0.717, 1.165) is 0 Å². The van der Waals surface area contributed by atoms with E-state index in [0.29, 0.717) is 6.42 Å². The molecular formula is C13H25N3O4. The topological polar surface area (TPSA) is 108 Å². The summed E-state index contributed by atoms with van der Waals surface area (Å²) >= 11 is 0. The SMILES string of the molecule is CC(CCC(=O)O)NC(=O)NC(C)C(=O)NC(C)(C)C. The number of carbonyl (C=O) groups excluding carboxylic acids is 2. The highest BCUT2D eigenvalue weighted by Gasteiger charge is 2.21. The van der Waals surface area contributed by atoms with Crippen molar-refractivity contribution in [3.05, 3.63) is 0 Å². The van der Waals surface area contributed by atoms with Crippen molar-refractivity contribution in [2.24, 2.45) is 0 Å². The van der Waals surface area contributed by atoms with E-state index in [1.54, 1.807) is 13.8 Å². The smallest absolute Gasteiger partial charge is 0.315 e. The van der Waals surface area contributed by atoms with Crippen molar-refractivity contribution in [1.29, 1.82) is 0 Å². The molecule has 116 valence electrons. The summed E-state index contributed by atoms with van der Waals surface area (Å²) in [4.78, 5) is 33.8. The molecule has 0 aliphatic carbocycles. The fraction of sp³-hybridized carbons (Fsp3) is 0.769. The van der Waals surface area contributed by atoms with Gasteiger partial charge < -0.3 is 21.1 Å². The summed E-state index contributed by atoms with van der Waals surface area (Å²) in [5, 5.41) is 16.4. The molecule has 7 heteroatoms. The van der Waals surface area contributed by atoms with Gasteiger partial charge in [0, 0.05) is 18.0 Å². The molecule has 0 aliphatic rings. The van der Waals surface area contributed by atoms with Crippen LogP contribution in [0, 0.1) is 0 Å². The minimum absolute atomic E-state index is 0.0124. The van der Waals surface area contributed by atoms with E-state index >= 15 is 0 Å². The molecule has 0 bridgehead atoms. The van der Waals surface area contributed by atoms with Crippen molar-refractivity contribution >= 4 is 17.9 Å². The van der Waals surface area contributed by atoms with Crippen molar-refractivity contribution in [1.82, 2.24) is 16.0 Å². The van der Waals surface area contributed by atoms with E-state index in [1.807, 2.05) is 20.8 Å². The Kier molecular flexibility index (Phi) is 7.02. The summed E-state index contributed by atoms with van der Waals surface area (Å²) in [6, 6.07) is -1.43. The van der Waals surface area contributed by atoms with Gasteiger partial charge in [-0.1, -0.05) is 0 Å². The lowest BCUT2D eigenvalue weighted by Gasteiger charge is -2.24. The minimum Gasteiger partial charge on any atom is -0.481 e. The Morgan fingerprint density at radius 3 is 2.10 bits per heavy atom. The molecule has 0 aromatic rings. The fourth-order valence-electron chi connectivity index (χ4n) is 1.42. The Balaban J connectivity index is 4.13. The second-order valence-corrected chi connectivity index (χ2v) is 5.91. The molecule has 4 N–H and O–H groups in total. The molecular weight excluding hydrogens is 262 g/mol. The van der Waals surface area contributed by atoms with Crippen LogP contribution in [0.4, 0.5) is 4.79 Å². The first-order valence-electron chi connectivity index (χ1n) is 6.62. The van der Waals surface area contributed by atoms with E-state index in [9.17, 15) is 14.4 Å². The van der Waals surface area contributed by atoms with Gasteiger partial charge in [-0.25, -0.2) is 4.79 Å². The first kappa shape index (κ1) is 18.2. The highest BCUT2D eigenvalue weighted by molar-refractivity contribution is 5.87. The molecule has 0 aliphatic heterocycles. The van der Waals surface area contributed by atoms with Gasteiger partial charge in [0.2, 0.25) is 5.91 Å².